The van der Waals surface area contributed by atoms with Gasteiger partial charge in [-0.05, 0) is 60.4 Å². The second kappa shape index (κ2) is 7.85. The first kappa shape index (κ1) is 19.8. The van der Waals surface area contributed by atoms with E-state index in [1.165, 1.54) is 0 Å². The molecule has 32 heavy (non-hydrogen) atoms. The standard InChI is InChI=1S/C27H21N3O2/c1-16-11-18(15-29-26(16)19-9-10-28-17(2)12-19)13-25(31)30-20-7-8-22-21-5-3-4-6-23(21)27(32)24(22)14-20/h3-12,14-15H,13H2,1-2H3,(H,30,31). The number of hydrogen-bond acceptors (Lipinski definition) is 4. The lowest BCUT2D eigenvalue weighted by atomic mass is 10.0. The van der Waals surface area contributed by atoms with E-state index >= 15 is 0 Å². The predicted molar refractivity (Wildman–Crippen MR) is 125 cm³/mol. The molecular formula is C27H21N3O2. The molecule has 0 aliphatic heterocycles. The van der Waals surface area contributed by atoms with E-state index < -0.39 is 0 Å². The van der Waals surface area contributed by atoms with Gasteiger partial charge in [0.1, 0.15) is 0 Å². The minimum absolute atomic E-state index is 0.00605. The minimum atomic E-state index is -0.151. The van der Waals surface area contributed by atoms with Gasteiger partial charge in [0.25, 0.3) is 0 Å². The molecule has 0 radical (unpaired) electrons. The highest BCUT2D eigenvalue weighted by Crippen LogP contribution is 2.37. The minimum Gasteiger partial charge on any atom is -0.326 e. The summed E-state index contributed by atoms with van der Waals surface area (Å²) in [5.74, 6) is -0.157. The molecule has 5 heteroatoms. The van der Waals surface area contributed by atoms with Crippen molar-refractivity contribution in [1.29, 1.82) is 0 Å². The van der Waals surface area contributed by atoms with Gasteiger partial charge in [0.2, 0.25) is 5.91 Å². The number of fused-ring (bicyclic) bond motifs is 3. The fourth-order valence-corrected chi connectivity index (χ4v) is 4.22. The van der Waals surface area contributed by atoms with E-state index in [4.69, 9.17) is 0 Å². The van der Waals surface area contributed by atoms with Crippen LogP contribution in [0.1, 0.15) is 32.7 Å². The zero-order valence-electron chi connectivity index (χ0n) is 17.8. The first-order valence-corrected chi connectivity index (χ1v) is 10.5. The van der Waals surface area contributed by atoms with Crippen molar-refractivity contribution < 1.29 is 9.59 Å². The van der Waals surface area contributed by atoms with E-state index in [1.807, 2.05) is 68.4 Å². The Balaban J connectivity index is 1.32. The molecule has 0 atom stereocenters. The first-order chi connectivity index (χ1) is 15.5. The number of ketones is 1. The van der Waals surface area contributed by atoms with Gasteiger partial charge in [0, 0.05) is 40.5 Å². The van der Waals surface area contributed by atoms with Crippen LogP contribution in [0.2, 0.25) is 0 Å². The number of rotatable bonds is 4. The number of pyridine rings is 2. The van der Waals surface area contributed by atoms with Crippen LogP contribution in [-0.4, -0.2) is 21.7 Å². The molecule has 156 valence electrons. The van der Waals surface area contributed by atoms with Crippen LogP contribution in [0.15, 0.2) is 73.1 Å². The van der Waals surface area contributed by atoms with Gasteiger partial charge < -0.3 is 5.32 Å². The second-order valence-corrected chi connectivity index (χ2v) is 8.05. The monoisotopic (exact) mass is 419 g/mol. The maximum absolute atomic E-state index is 12.7. The molecule has 0 fully saturated rings. The van der Waals surface area contributed by atoms with E-state index in [-0.39, 0.29) is 18.1 Å². The fraction of sp³-hybridized carbons (Fsp3) is 0.111. The summed E-state index contributed by atoms with van der Waals surface area (Å²) in [6, 6.07) is 19.0. The highest BCUT2D eigenvalue weighted by atomic mass is 16.1. The molecule has 0 saturated carbocycles. The predicted octanol–water partition coefficient (Wildman–Crippen LogP) is 5.15. The maximum atomic E-state index is 12.7. The van der Waals surface area contributed by atoms with E-state index in [9.17, 15) is 9.59 Å². The number of nitrogens with zero attached hydrogens (tertiary/aromatic N) is 2. The van der Waals surface area contributed by atoms with Crippen LogP contribution < -0.4 is 5.32 Å². The Labute approximate surface area is 186 Å². The molecule has 2 heterocycles. The number of amides is 1. The number of carbonyl (C=O) groups is 2. The molecule has 1 aliphatic rings. The van der Waals surface area contributed by atoms with Crippen molar-refractivity contribution in [2.24, 2.45) is 0 Å². The molecule has 0 saturated heterocycles. The van der Waals surface area contributed by atoms with Gasteiger partial charge in [0.05, 0.1) is 12.1 Å². The molecule has 0 unspecified atom stereocenters. The molecule has 2 aromatic carbocycles. The van der Waals surface area contributed by atoms with Crippen molar-refractivity contribution in [1.82, 2.24) is 9.97 Å². The van der Waals surface area contributed by atoms with Gasteiger partial charge in [-0.15, -0.1) is 0 Å². The van der Waals surface area contributed by atoms with Crippen molar-refractivity contribution in [3.05, 3.63) is 101 Å². The second-order valence-electron chi connectivity index (χ2n) is 8.05. The maximum Gasteiger partial charge on any atom is 0.228 e. The van der Waals surface area contributed by atoms with Crippen LogP contribution in [0.5, 0.6) is 0 Å². The Hall–Kier alpha value is -4.12. The van der Waals surface area contributed by atoms with Crippen LogP contribution in [0.25, 0.3) is 22.4 Å². The average molecular weight is 419 g/mol. The molecule has 1 amide bonds. The Morgan fingerprint density at radius 1 is 0.875 bits per heavy atom. The van der Waals surface area contributed by atoms with E-state index in [2.05, 4.69) is 15.3 Å². The molecular weight excluding hydrogens is 398 g/mol. The number of nitrogens with one attached hydrogen (secondary N) is 1. The zero-order valence-corrected chi connectivity index (χ0v) is 17.8. The molecule has 5 nitrogen and oxygen atoms in total. The highest BCUT2D eigenvalue weighted by Gasteiger charge is 2.26. The molecule has 2 aromatic heterocycles. The van der Waals surface area contributed by atoms with Gasteiger partial charge in [-0.3, -0.25) is 19.6 Å². The Morgan fingerprint density at radius 3 is 2.44 bits per heavy atom. The largest absolute Gasteiger partial charge is 0.326 e. The molecule has 0 bridgehead atoms. The van der Waals surface area contributed by atoms with Crippen molar-refractivity contribution in [3.8, 4) is 22.4 Å². The van der Waals surface area contributed by atoms with Crippen molar-refractivity contribution >= 4 is 17.4 Å². The van der Waals surface area contributed by atoms with Gasteiger partial charge in [-0.25, -0.2) is 0 Å². The van der Waals surface area contributed by atoms with Gasteiger partial charge in [-0.2, -0.15) is 0 Å². The Bertz CT molecular complexity index is 1390. The summed E-state index contributed by atoms with van der Waals surface area (Å²) in [6.07, 6.45) is 3.71. The number of carbonyl (C=O) groups excluding carboxylic acids is 2. The number of hydrogen-bond donors (Lipinski definition) is 1. The van der Waals surface area contributed by atoms with Crippen LogP contribution in [-0.2, 0) is 11.2 Å². The zero-order chi connectivity index (χ0) is 22.2. The number of aromatic nitrogens is 2. The third-order valence-corrected chi connectivity index (χ3v) is 5.68. The van der Waals surface area contributed by atoms with Crippen molar-refractivity contribution in [2.75, 3.05) is 5.32 Å². The number of aryl methyl sites for hydroxylation is 2. The van der Waals surface area contributed by atoms with E-state index in [1.54, 1.807) is 18.5 Å². The fourth-order valence-electron chi connectivity index (χ4n) is 4.22. The first-order valence-electron chi connectivity index (χ1n) is 10.5. The summed E-state index contributed by atoms with van der Waals surface area (Å²) in [5.41, 5.74) is 8.45. The Kier molecular flexibility index (Phi) is 4.86. The molecule has 1 aliphatic carbocycles. The molecule has 1 N–H and O–H groups in total. The van der Waals surface area contributed by atoms with Crippen LogP contribution in [0.3, 0.4) is 0 Å². The van der Waals surface area contributed by atoms with E-state index in [0.717, 1.165) is 39.2 Å². The lowest BCUT2D eigenvalue weighted by Crippen LogP contribution is -2.15. The van der Waals surface area contributed by atoms with Crippen LogP contribution >= 0.6 is 0 Å². The summed E-state index contributed by atoms with van der Waals surface area (Å²) < 4.78 is 0. The average Bonchev–Trinajstić information content (AvgIpc) is 3.06. The summed E-state index contributed by atoms with van der Waals surface area (Å²) in [7, 11) is 0. The number of anilines is 1. The summed E-state index contributed by atoms with van der Waals surface area (Å²) >= 11 is 0. The molecule has 4 aromatic rings. The van der Waals surface area contributed by atoms with Gasteiger partial charge in [0.15, 0.2) is 5.78 Å². The topological polar surface area (TPSA) is 72.0 Å². The lowest BCUT2D eigenvalue weighted by Gasteiger charge is -2.10. The van der Waals surface area contributed by atoms with Gasteiger partial charge >= 0.3 is 0 Å². The quantitative estimate of drug-likeness (QED) is 0.437. The highest BCUT2D eigenvalue weighted by molar-refractivity contribution is 6.22. The number of benzene rings is 2. The van der Waals surface area contributed by atoms with Crippen molar-refractivity contribution in [3.63, 3.8) is 0 Å². The third kappa shape index (κ3) is 3.58. The smallest absolute Gasteiger partial charge is 0.228 e. The summed E-state index contributed by atoms with van der Waals surface area (Å²) in [4.78, 5) is 34.2. The summed E-state index contributed by atoms with van der Waals surface area (Å²) in [6.45, 7) is 3.94. The van der Waals surface area contributed by atoms with Crippen molar-refractivity contribution in [2.45, 2.75) is 20.3 Å². The van der Waals surface area contributed by atoms with Crippen LogP contribution in [0.4, 0.5) is 5.69 Å². The molecule has 0 spiro atoms. The Morgan fingerprint density at radius 2 is 1.66 bits per heavy atom. The lowest BCUT2D eigenvalue weighted by molar-refractivity contribution is -0.115. The third-order valence-electron chi connectivity index (χ3n) is 5.68. The van der Waals surface area contributed by atoms with Gasteiger partial charge in [-0.1, -0.05) is 36.4 Å². The van der Waals surface area contributed by atoms with Crippen LogP contribution in [0, 0.1) is 13.8 Å². The molecule has 5 rings (SSSR count). The normalized spacial score (nSPS) is 11.8. The summed E-state index contributed by atoms with van der Waals surface area (Å²) in [5, 5.41) is 2.91. The SMILES string of the molecule is Cc1cc(-c2ncc(CC(=O)Nc3ccc4c(c3)C(=O)c3ccccc3-4)cc2C)ccn1. The van der Waals surface area contributed by atoms with E-state index in [0.29, 0.717) is 16.8 Å².